The van der Waals surface area contributed by atoms with Crippen molar-refractivity contribution in [3.8, 4) is 11.5 Å². The van der Waals surface area contributed by atoms with Gasteiger partial charge in [0, 0.05) is 6.07 Å². The van der Waals surface area contributed by atoms with Gasteiger partial charge in [-0.15, -0.1) is 0 Å². The Hall–Kier alpha value is -1.26. The molecule has 0 unspecified atom stereocenters. The fraction of sp³-hybridized carbons (Fsp3) is 0.571. The number of aliphatic hydroxyl groups excluding tert-OH is 1. The number of hydrogen-bond acceptors (Lipinski definition) is 3. The maximum Gasteiger partial charge on any atom is 0.137 e. The summed E-state index contributed by atoms with van der Waals surface area (Å²) < 4.78 is 10.6. The fourth-order valence-electron chi connectivity index (χ4n) is 1.51. The zero-order valence-corrected chi connectivity index (χ0v) is 11.4. The van der Waals surface area contributed by atoms with E-state index in [9.17, 15) is 5.11 Å². The second kappa shape index (κ2) is 7.95. The summed E-state index contributed by atoms with van der Waals surface area (Å²) in [7, 11) is 1.62. The minimum Gasteiger partial charge on any atom is -0.497 e. The molecule has 1 aromatic rings. The molecule has 0 aliphatic heterocycles. The summed E-state index contributed by atoms with van der Waals surface area (Å²) in [6, 6.07) is 7.93. The minimum atomic E-state index is -0.454. The second-order valence-electron chi connectivity index (χ2n) is 4.50. The van der Waals surface area contributed by atoms with Gasteiger partial charge in [-0.3, -0.25) is 0 Å². The average Bonchev–Trinajstić information content (AvgIpc) is 2.42. The molecule has 4 heteroatoms. The molecule has 0 spiro atoms. The number of aliphatic hydroxyl groups is 1. The van der Waals surface area contributed by atoms with E-state index in [1.807, 2.05) is 24.3 Å². The quantitative estimate of drug-likeness (QED) is 0.721. The van der Waals surface area contributed by atoms with E-state index >= 15 is 0 Å². The zero-order valence-electron chi connectivity index (χ0n) is 11.4. The van der Waals surface area contributed by atoms with Gasteiger partial charge in [0.15, 0.2) is 0 Å². The lowest BCUT2D eigenvalue weighted by Crippen LogP contribution is -2.91. The standard InChI is InChI=1S/C14H23NO3/c1-4-11(2)15-9-12(16)10-18-14-7-5-6-13(8-14)17-3/h5-8,11-12,15-16H,4,9-10H2,1-3H3/p+1/t11-,12-/m1/s1. The Labute approximate surface area is 109 Å². The van der Waals surface area contributed by atoms with Crippen LogP contribution in [0.1, 0.15) is 20.3 Å². The number of quaternary nitrogens is 1. The number of ether oxygens (including phenoxy) is 2. The summed E-state index contributed by atoms with van der Waals surface area (Å²) in [6.07, 6.45) is 0.647. The smallest absolute Gasteiger partial charge is 0.137 e. The molecule has 18 heavy (non-hydrogen) atoms. The van der Waals surface area contributed by atoms with Crippen LogP contribution in [-0.4, -0.2) is 37.5 Å². The Morgan fingerprint density at radius 1 is 1.33 bits per heavy atom. The minimum absolute atomic E-state index is 0.306. The van der Waals surface area contributed by atoms with Gasteiger partial charge in [0.25, 0.3) is 0 Å². The lowest BCUT2D eigenvalue weighted by atomic mass is 10.2. The van der Waals surface area contributed by atoms with Crippen LogP contribution in [0.25, 0.3) is 0 Å². The number of rotatable bonds is 8. The molecule has 0 bridgehead atoms. The Morgan fingerprint density at radius 3 is 2.72 bits per heavy atom. The van der Waals surface area contributed by atoms with Gasteiger partial charge in [0.05, 0.1) is 13.2 Å². The third kappa shape index (κ3) is 5.38. The van der Waals surface area contributed by atoms with Crippen LogP contribution in [0.2, 0.25) is 0 Å². The van der Waals surface area contributed by atoms with Gasteiger partial charge < -0.3 is 19.9 Å². The van der Waals surface area contributed by atoms with Gasteiger partial charge >= 0.3 is 0 Å². The highest BCUT2D eigenvalue weighted by Gasteiger charge is 2.10. The van der Waals surface area contributed by atoms with E-state index < -0.39 is 6.10 Å². The zero-order chi connectivity index (χ0) is 13.4. The molecule has 0 radical (unpaired) electrons. The van der Waals surface area contributed by atoms with Gasteiger partial charge in [-0.25, -0.2) is 0 Å². The molecule has 0 aromatic heterocycles. The Morgan fingerprint density at radius 2 is 2.06 bits per heavy atom. The van der Waals surface area contributed by atoms with Crippen LogP contribution in [0.3, 0.4) is 0 Å². The molecule has 0 amide bonds. The third-order valence-corrected chi connectivity index (χ3v) is 2.94. The van der Waals surface area contributed by atoms with E-state index in [0.29, 0.717) is 19.2 Å². The molecule has 0 aliphatic carbocycles. The van der Waals surface area contributed by atoms with E-state index in [0.717, 1.165) is 17.9 Å². The van der Waals surface area contributed by atoms with Crippen molar-refractivity contribution in [3.63, 3.8) is 0 Å². The topological polar surface area (TPSA) is 55.3 Å². The lowest BCUT2D eigenvalue weighted by molar-refractivity contribution is -0.691. The summed E-state index contributed by atoms with van der Waals surface area (Å²) in [5.41, 5.74) is 0. The molecular weight excluding hydrogens is 230 g/mol. The van der Waals surface area contributed by atoms with Crippen LogP contribution >= 0.6 is 0 Å². The van der Waals surface area contributed by atoms with Crippen molar-refractivity contribution in [2.24, 2.45) is 0 Å². The van der Waals surface area contributed by atoms with Crippen molar-refractivity contribution >= 4 is 0 Å². The van der Waals surface area contributed by atoms with Crippen LogP contribution in [0.15, 0.2) is 24.3 Å². The van der Waals surface area contributed by atoms with Gasteiger partial charge in [-0.2, -0.15) is 0 Å². The van der Waals surface area contributed by atoms with Gasteiger partial charge in [0.1, 0.15) is 30.8 Å². The summed E-state index contributed by atoms with van der Waals surface area (Å²) in [5.74, 6) is 1.48. The predicted molar refractivity (Wildman–Crippen MR) is 71.0 cm³/mol. The number of nitrogens with two attached hydrogens (primary N) is 1. The van der Waals surface area contributed by atoms with Crippen LogP contribution in [0.5, 0.6) is 11.5 Å². The van der Waals surface area contributed by atoms with E-state index in [4.69, 9.17) is 9.47 Å². The van der Waals surface area contributed by atoms with Crippen molar-refractivity contribution in [2.75, 3.05) is 20.3 Å². The largest absolute Gasteiger partial charge is 0.497 e. The van der Waals surface area contributed by atoms with Crippen LogP contribution in [-0.2, 0) is 0 Å². The summed E-state index contributed by atoms with van der Waals surface area (Å²) >= 11 is 0. The second-order valence-corrected chi connectivity index (χ2v) is 4.50. The first-order chi connectivity index (χ1) is 8.65. The highest BCUT2D eigenvalue weighted by Crippen LogP contribution is 2.18. The molecule has 0 aliphatic rings. The molecule has 4 nitrogen and oxygen atoms in total. The van der Waals surface area contributed by atoms with Crippen molar-refractivity contribution in [1.29, 1.82) is 0 Å². The van der Waals surface area contributed by atoms with E-state index in [1.165, 1.54) is 0 Å². The van der Waals surface area contributed by atoms with Crippen LogP contribution < -0.4 is 14.8 Å². The molecule has 0 heterocycles. The first kappa shape index (κ1) is 14.8. The van der Waals surface area contributed by atoms with Crippen molar-refractivity contribution in [2.45, 2.75) is 32.4 Å². The molecule has 102 valence electrons. The normalized spacial score (nSPS) is 14.0. The Bertz CT molecular complexity index is 344. The SMILES string of the molecule is CC[C@@H](C)[NH2+]C[C@@H](O)COc1cccc(OC)c1. The third-order valence-electron chi connectivity index (χ3n) is 2.94. The van der Waals surface area contributed by atoms with Gasteiger partial charge in [-0.1, -0.05) is 13.0 Å². The summed E-state index contributed by atoms with van der Waals surface area (Å²) in [5, 5.41) is 11.9. The van der Waals surface area contributed by atoms with Crippen molar-refractivity contribution < 1.29 is 19.9 Å². The maximum atomic E-state index is 9.79. The highest BCUT2D eigenvalue weighted by atomic mass is 16.5. The van der Waals surface area contributed by atoms with Crippen molar-refractivity contribution in [1.82, 2.24) is 0 Å². The van der Waals surface area contributed by atoms with Crippen molar-refractivity contribution in [3.05, 3.63) is 24.3 Å². The maximum absolute atomic E-state index is 9.79. The lowest BCUT2D eigenvalue weighted by Gasteiger charge is -2.14. The van der Waals surface area contributed by atoms with Crippen LogP contribution in [0, 0.1) is 0 Å². The molecule has 3 N–H and O–H groups in total. The first-order valence-corrected chi connectivity index (χ1v) is 6.44. The predicted octanol–water partition coefficient (Wildman–Crippen LogP) is 0.797. The summed E-state index contributed by atoms with van der Waals surface area (Å²) in [6.45, 7) is 5.26. The molecule has 0 saturated heterocycles. The van der Waals surface area contributed by atoms with E-state index in [1.54, 1.807) is 7.11 Å². The molecular formula is C14H24NO3+. The van der Waals surface area contributed by atoms with Gasteiger partial charge in [0.2, 0.25) is 0 Å². The monoisotopic (exact) mass is 254 g/mol. The van der Waals surface area contributed by atoms with E-state index in [-0.39, 0.29) is 0 Å². The average molecular weight is 254 g/mol. The molecule has 0 fully saturated rings. The van der Waals surface area contributed by atoms with Crippen LogP contribution in [0.4, 0.5) is 0 Å². The molecule has 0 saturated carbocycles. The van der Waals surface area contributed by atoms with Gasteiger partial charge in [-0.05, 0) is 25.5 Å². The molecule has 1 aromatic carbocycles. The number of methoxy groups -OCH3 is 1. The Kier molecular flexibility index (Phi) is 6.54. The highest BCUT2D eigenvalue weighted by molar-refractivity contribution is 5.32. The van der Waals surface area contributed by atoms with E-state index in [2.05, 4.69) is 19.2 Å². The molecule has 2 atom stereocenters. The summed E-state index contributed by atoms with van der Waals surface area (Å²) in [4.78, 5) is 0. The molecule has 1 rings (SSSR count). The first-order valence-electron chi connectivity index (χ1n) is 6.44. The number of benzene rings is 1. The fourth-order valence-corrected chi connectivity index (χ4v) is 1.51. The Balaban J connectivity index is 2.30. The number of hydrogen-bond donors (Lipinski definition) is 2.